The Labute approximate surface area is 115 Å². The van der Waals surface area contributed by atoms with Gasteiger partial charge in [-0.15, -0.1) is 0 Å². The number of halogens is 1. The highest BCUT2D eigenvalue weighted by Gasteiger charge is 2.39. The number of nitrogens with one attached hydrogen (secondary N) is 1. The maximum absolute atomic E-state index is 14.3. The van der Waals surface area contributed by atoms with E-state index in [1.165, 1.54) is 19.3 Å². The second-order valence-corrected chi connectivity index (χ2v) is 5.94. The Bertz CT molecular complexity index is 460. The number of nitrogens with zero attached hydrogens (tertiary/aromatic N) is 1. The molecule has 0 spiro atoms. The number of hydrogen-bond acceptors (Lipinski definition) is 2. The largest absolute Gasteiger partial charge is 0.368 e. The van der Waals surface area contributed by atoms with Gasteiger partial charge in [0.25, 0.3) is 0 Å². The van der Waals surface area contributed by atoms with Gasteiger partial charge in [-0.05, 0) is 50.8 Å². The van der Waals surface area contributed by atoms with Gasteiger partial charge in [0.05, 0.1) is 0 Å². The molecule has 1 aromatic carbocycles. The van der Waals surface area contributed by atoms with Gasteiger partial charge in [0, 0.05) is 29.9 Å². The molecule has 1 aromatic rings. The zero-order chi connectivity index (χ0) is 13.4. The molecule has 1 aliphatic carbocycles. The molecular weight excluding hydrogens is 239 g/mol. The molecule has 1 saturated heterocycles. The van der Waals surface area contributed by atoms with Crippen molar-refractivity contribution in [3.05, 3.63) is 29.6 Å². The summed E-state index contributed by atoms with van der Waals surface area (Å²) in [6, 6.07) is 6.23. The summed E-state index contributed by atoms with van der Waals surface area (Å²) in [6.45, 7) is 6.09. The van der Waals surface area contributed by atoms with Crippen LogP contribution in [0.3, 0.4) is 0 Å². The van der Waals surface area contributed by atoms with Gasteiger partial charge in [0.2, 0.25) is 0 Å². The lowest BCUT2D eigenvalue weighted by molar-refractivity contribution is 0.524. The topological polar surface area (TPSA) is 15.3 Å². The van der Waals surface area contributed by atoms with Crippen LogP contribution in [0.4, 0.5) is 10.1 Å². The minimum atomic E-state index is -0.0753. The molecule has 3 heteroatoms. The van der Waals surface area contributed by atoms with Crippen LogP contribution in [0, 0.1) is 11.7 Å². The standard InChI is InChI=1S/C16H23FN2/c1-3-18-11(2)16-14(17)5-4-6-15(16)19-10-12-7-8-13(19)9-12/h4-6,11-13,18H,3,7-10H2,1-2H3. The Balaban J connectivity index is 1.94. The van der Waals surface area contributed by atoms with Crippen molar-refractivity contribution in [3.8, 4) is 0 Å². The van der Waals surface area contributed by atoms with Crippen molar-refractivity contribution in [2.24, 2.45) is 5.92 Å². The Kier molecular flexibility index (Phi) is 3.48. The average Bonchev–Trinajstić information content (AvgIpc) is 3.00. The molecule has 0 amide bonds. The fourth-order valence-electron chi connectivity index (χ4n) is 3.83. The highest BCUT2D eigenvalue weighted by Crippen LogP contribution is 2.42. The molecule has 1 N–H and O–H groups in total. The van der Waals surface area contributed by atoms with Crippen LogP contribution in [0.1, 0.15) is 44.7 Å². The Morgan fingerprint density at radius 1 is 1.42 bits per heavy atom. The maximum Gasteiger partial charge on any atom is 0.130 e. The van der Waals surface area contributed by atoms with E-state index in [2.05, 4.69) is 30.1 Å². The van der Waals surface area contributed by atoms with Gasteiger partial charge in [0.15, 0.2) is 0 Å². The Morgan fingerprint density at radius 2 is 2.26 bits per heavy atom. The fourth-order valence-corrected chi connectivity index (χ4v) is 3.83. The highest BCUT2D eigenvalue weighted by molar-refractivity contribution is 5.57. The van der Waals surface area contributed by atoms with Crippen LogP contribution in [0.2, 0.25) is 0 Å². The fraction of sp³-hybridized carbons (Fsp3) is 0.625. The molecule has 1 saturated carbocycles. The first kappa shape index (κ1) is 12.9. The van der Waals surface area contributed by atoms with Crippen molar-refractivity contribution < 1.29 is 4.39 Å². The first-order valence-corrected chi connectivity index (χ1v) is 7.49. The summed E-state index contributed by atoms with van der Waals surface area (Å²) in [7, 11) is 0. The summed E-state index contributed by atoms with van der Waals surface area (Å²) in [5.74, 6) is 0.754. The van der Waals surface area contributed by atoms with Crippen LogP contribution >= 0.6 is 0 Å². The van der Waals surface area contributed by atoms with E-state index >= 15 is 0 Å². The molecule has 2 bridgehead atoms. The molecule has 2 aliphatic rings. The number of piperidine rings is 1. The molecule has 0 aromatic heterocycles. The van der Waals surface area contributed by atoms with E-state index in [-0.39, 0.29) is 11.9 Å². The monoisotopic (exact) mass is 262 g/mol. The summed E-state index contributed by atoms with van der Waals surface area (Å²) >= 11 is 0. The van der Waals surface area contributed by atoms with Gasteiger partial charge in [-0.1, -0.05) is 13.0 Å². The van der Waals surface area contributed by atoms with Crippen molar-refractivity contribution in [3.63, 3.8) is 0 Å². The third-order valence-corrected chi connectivity index (χ3v) is 4.69. The van der Waals surface area contributed by atoms with Gasteiger partial charge >= 0.3 is 0 Å². The third kappa shape index (κ3) is 2.25. The van der Waals surface area contributed by atoms with Crippen LogP contribution in [0.25, 0.3) is 0 Å². The van der Waals surface area contributed by atoms with Crippen LogP contribution in [-0.2, 0) is 0 Å². The molecule has 2 fully saturated rings. The van der Waals surface area contributed by atoms with Gasteiger partial charge in [-0.3, -0.25) is 0 Å². The van der Waals surface area contributed by atoms with E-state index in [1.807, 2.05) is 6.07 Å². The zero-order valence-electron chi connectivity index (χ0n) is 11.8. The summed E-state index contributed by atoms with van der Waals surface area (Å²) in [4.78, 5) is 2.44. The van der Waals surface area contributed by atoms with Gasteiger partial charge in [0.1, 0.15) is 5.82 Å². The van der Waals surface area contributed by atoms with Crippen molar-refractivity contribution in [2.45, 2.75) is 45.2 Å². The lowest BCUT2D eigenvalue weighted by Gasteiger charge is -2.32. The summed E-state index contributed by atoms with van der Waals surface area (Å²) in [6.07, 6.45) is 3.93. The number of benzene rings is 1. The summed E-state index contributed by atoms with van der Waals surface area (Å²) in [5.41, 5.74) is 1.96. The number of hydrogen-bond donors (Lipinski definition) is 1. The van der Waals surface area contributed by atoms with E-state index in [0.29, 0.717) is 6.04 Å². The molecule has 1 heterocycles. The van der Waals surface area contributed by atoms with Crippen LogP contribution in [0.5, 0.6) is 0 Å². The van der Waals surface area contributed by atoms with Gasteiger partial charge < -0.3 is 10.2 Å². The molecule has 3 atom stereocenters. The predicted molar refractivity (Wildman–Crippen MR) is 77.0 cm³/mol. The van der Waals surface area contributed by atoms with Crippen LogP contribution < -0.4 is 10.2 Å². The molecule has 2 nitrogen and oxygen atoms in total. The van der Waals surface area contributed by atoms with Gasteiger partial charge in [-0.25, -0.2) is 4.39 Å². The van der Waals surface area contributed by atoms with Crippen molar-refractivity contribution >= 4 is 5.69 Å². The second-order valence-electron chi connectivity index (χ2n) is 5.94. The minimum Gasteiger partial charge on any atom is -0.368 e. The number of rotatable bonds is 4. The van der Waals surface area contributed by atoms with E-state index in [4.69, 9.17) is 0 Å². The second kappa shape index (κ2) is 5.12. The van der Waals surface area contributed by atoms with Gasteiger partial charge in [-0.2, -0.15) is 0 Å². The molecule has 19 heavy (non-hydrogen) atoms. The third-order valence-electron chi connectivity index (χ3n) is 4.69. The Hall–Kier alpha value is -1.09. The Morgan fingerprint density at radius 3 is 2.89 bits per heavy atom. The number of anilines is 1. The quantitative estimate of drug-likeness (QED) is 0.893. The molecule has 3 unspecified atom stereocenters. The lowest BCUT2D eigenvalue weighted by atomic mass is 10.0. The van der Waals surface area contributed by atoms with E-state index in [9.17, 15) is 4.39 Å². The molecule has 3 rings (SSSR count). The maximum atomic E-state index is 14.3. The van der Waals surface area contributed by atoms with E-state index in [0.717, 1.165) is 30.3 Å². The normalized spacial score (nSPS) is 27.0. The lowest BCUT2D eigenvalue weighted by Crippen LogP contribution is -2.34. The molecule has 0 radical (unpaired) electrons. The average molecular weight is 262 g/mol. The molecule has 104 valence electrons. The summed E-state index contributed by atoms with van der Waals surface area (Å²) in [5, 5.41) is 3.34. The van der Waals surface area contributed by atoms with Crippen molar-refractivity contribution in [1.82, 2.24) is 5.32 Å². The summed E-state index contributed by atoms with van der Waals surface area (Å²) < 4.78 is 14.3. The minimum absolute atomic E-state index is 0.0697. The first-order valence-electron chi connectivity index (χ1n) is 7.49. The molecular formula is C16H23FN2. The van der Waals surface area contributed by atoms with Crippen molar-refractivity contribution in [2.75, 3.05) is 18.0 Å². The SMILES string of the molecule is CCNC(C)c1c(F)cccc1N1CC2CCC1C2. The van der Waals surface area contributed by atoms with Crippen molar-refractivity contribution in [1.29, 1.82) is 0 Å². The molecule has 1 aliphatic heterocycles. The van der Waals surface area contributed by atoms with E-state index < -0.39 is 0 Å². The smallest absolute Gasteiger partial charge is 0.130 e. The van der Waals surface area contributed by atoms with Crippen LogP contribution in [-0.4, -0.2) is 19.1 Å². The van der Waals surface area contributed by atoms with E-state index in [1.54, 1.807) is 6.07 Å². The number of fused-ring (bicyclic) bond motifs is 2. The first-order chi connectivity index (χ1) is 9.20. The zero-order valence-corrected chi connectivity index (χ0v) is 11.8. The predicted octanol–water partition coefficient (Wildman–Crippen LogP) is 3.48. The highest BCUT2D eigenvalue weighted by atomic mass is 19.1. The van der Waals surface area contributed by atoms with Crippen LogP contribution in [0.15, 0.2) is 18.2 Å².